The quantitative estimate of drug-likeness (QED) is 0.612. The Morgan fingerprint density at radius 1 is 1.18 bits per heavy atom. The number of hydrogen-bond acceptors (Lipinski definition) is 6. The Morgan fingerprint density at radius 2 is 1.82 bits per heavy atom. The van der Waals surface area contributed by atoms with Crippen molar-refractivity contribution in [2.24, 2.45) is 5.73 Å². The number of carbonyl (C=O) groups excluding carboxylic acids is 2. The van der Waals surface area contributed by atoms with Gasteiger partial charge in [-0.2, -0.15) is 0 Å². The Labute approximate surface area is 133 Å². The van der Waals surface area contributed by atoms with Crippen molar-refractivity contribution in [3.05, 3.63) is 35.9 Å². The van der Waals surface area contributed by atoms with Crippen molar-refractivity contribution in [1.29, 1.82) is 0 Å². The number of carbonyl (C=O) groups is 3. The molecule has 0 radical (unpaired) electrons. The molecule has 0 bridgehead atoms. The van der Waals surface area contributed by atoms with Gasteiger partial charge in [0.1, 0.15) is 13.2 Å². The smallest absolute Gasteiger partial charge is 0.408 e. The largest absolute Gasteiger partial charge is 0.480 e. The lowest BCUT2D eigenvalue weighted by Crippen LogP contribution is -2.45. The number of nitrogens with one attached hydrogen (secondary N) is 1. The van der Waals surface area contributed by atoms with Crippen molar-refractivity contribution in [3.8, 4) is 0 Å². The molecule has 0 saturated carbocycles. The van der Waals surface area contributed by atoms with E-state index >= 15 is 0 Å². The molecule has 1 unspecified atom stereocenters. The van der Waals surface area contributed by atoms with Crippen LogP contribution >= 0.6 is 12.4 Å². The van der Waals surface area contributed by atoms with E-state index in [-0.39, 0.29) is 25.6 Å². The van der Waals surface area contributed by atoms with Gasteiger partial charge in [0.15, 0.2) is 6.04 Å². The topological polar surface area (TPSA) is 128 Å². The van der Waals surface area contributed by atoms with Crippen LogP contribution in [0.15, 0.2) is 30.3 Å². The molecule has 0 saturated heterocycles. The van der Waals surface area contributed by atoms with E-state index in [9.17, 15) is 14.4 Å². The van der Waals surface area contributed by atoms with Crippen LogP contribution in [0.25, 0.3) is 0 Å². The van der Waals surface area contributed by atoms with E-state index < -0.39 is 30.7 Å². The number of aliphatic carboxylic acids is 1. The molecule has 1 aromatic rings. The highest BCUT2D eigenvalue weighted by molar-refractivity contribution is 5.85. The molecule has 0 fully saturated rings. The van der Waals surface area contributed by atoms with Crippen molar-refractivity contribution in [2.45, 2.75) is 12.6 Å². The van der Waals surface area contributed by atoms with Gasteiger partial charge < -0.3 is 25.6 Å². The summed E-state index contributed by atoms with van der Waals surface area (Å²) >= 11 is 0. The molecule has 22 heavy (non-hydrogen) atoms. The van der Waals surface area contributed by atoms with Crippen molar-refractivity contribution >= 4 is 30.4 Å². The first kappa shape index (κ1) is 19.7. The lowest BCUT2D eigenvalue weighted by atomic mass is 10.2. The monoisotopic (exact) mass is 332 g/mol. The average Bonchev–Trinajstić information content (AvgIpc) is 2.49. The van der Waals surface area contributed by atoms with E-state index in [4.69, 9.17) is 15.6 Å². The fraction of sp³-hybridized carbons (Fsp3) is 0.308. The number of nitrogens with two attached hydrogens (primary N) is 1. The van der Waals surface area contributed by atoms with Gasteiger partial charge in [0, 0.05) is 0 Å². The van der Waals surface area contributed by atoms with Crippen molar-refractivity contribution in [2.75, 3.05) is 13.2 Å². The molecule has 0 heterocycles. The number of ether oxygens (including phenoxy) is 2. The number of alkyl carbamates (subject to hydrolysis) is 1. The molecule has 0 aliphatic rings. The third-order valence-corrected chi connectivity index (χ3v) is 2.38. The molecule has 1 amide bonds. The number of rotatable bonds is 7. The van der Waals surface area contributed by atoms with Crippen molar-refractivity contribution in [3.63, 3.8) is 0 Å². The van der Waals surface area contributed by atoms with Crippen LogP contribution in [0.2, 0.25) is 0 Å². The lowest BCUT2D eigenvalue weighted by Gasteiger charge is -2.14. The van der Waals surface area contributed by atoms with Crippen LogP contribution in [0.4, 0.5) is 4.79 Å². The Bertz CT molecular complexity index is 497. The summed E-state index contributed by atoms with van der Waals surface area (Å²) in [6.45, 7) is -0.891. The molecule has 1 rings (SSSR count). The summed E-state index contributed by atoms with van der Waals surface area (Å²) < 4.78 is 9.43. The Balaban J connectivity index is 0.00000441. The number of esters is 1. The van der Waals surface area contributed by atoms with Gasteiger partial charge in [-0.05, 0) is 5.56 Å². The van der Waals surface area contributed by atoms with Crippen molar-refractivity contribution < 1.29 is 29.0 Å². The van der Waals surface area contributed by atoms with Gasteiger partial charge in [0.25, 0.3) is 0 Å². The Hall–Kier alpha value is -2.32. The van der Waals surface area contributed by atoms with E-state index in [1.165, 1.54) is 0 Å². The van der Waals surface area contributed by atoms with Gasteiger partial charge in [-0.25, -0.2) is 9.59 Å². The van der Waals surface area contributed by atoms with Crippen LogP contribution in [0.5, 0.6) is 0 Å². The second-order valence-corrected chi connectivity index (χ2v) is 3.98. The van der Waals surface area contributed by atoms with E-state index in [0.29, 0.717) is 0 Å². The minimum absolute atomic E-state index is 0. The van der Waals surface area contributed by atoms with Crippen LogP contribution in [0.1, 0.15) is 5.56 Å². The minimum Gasteiger partial charge on any atom is -0.480 e. The van der Waals surface area contributed by atoms with E-state index in [2.05, 4.69) is 10.1 Å². The average molecular weight is 333 g/mol. The summed E-state index contributed by atoms with van der Waals surface area (Å²) in [6.07, 6.45) is -0.921. The normalized spacial score (nSPS) is 10.8. The maximum absolute atomic E-state index is 11.5. The van der Waals surface area contributed by atoms with E-state index in [0.717, 1.165) is 5.56 Å². The summed E-state index contributed by atoms with van der Waals surface area (Å²) in [5, 5.41) is 11.0. The molecule has 0 aromatic heterocycles. The van der Waals surface area contributed by atoms with Crippen LogP contribution in [0.3, 0.4) is 0 Å². The summed E-state index contributed by atoms with van der Waals surface area (Å²) in [5.74, 6) is -2.11. The zero-order valence-corrected chi connectivity index (χ0v) is 12.4. The first-order valence-electron chi connectivity index (χ1n) is 6.08. The Kier molecular flexibility index (Phi) is 9.31. The molecular formula is C13H17ClN2O6. The molecule has 8 nitrogen and oxygen atoms in total. The second-order valence-electron chi connectivity index (χ2n) is 3.98. The molecular weight excluding hydrogens is 316 g/mol. The summed E-state index contributed by atoms with van der Waals surface area (Å²) in [5.41, 5.74) is 5.77. The predicted molar refractivity (Wildman–Crippen MR) is 78.4 cm³/mol. The molecule has 0 spiro atoms. The molecule has 4 N–H and O–H groups in total. The SMILES string of the molecule is Cl.NCC(=O)OCC(NC(=O)OCc1ccccc1)C(=O)O. The van der Waals surface area contributed by atoms with Crippen LogP contribution in [-0.4, -0.2) is 42.3 Å². The molecule has 0 aliphatic carbocycles. The van der Waals surface area contributed by atoms with E-state index in [1.54, 1.807) is 24.3 Å². The summed E-state index contributed by atoms with van der Waals surface area (Å²) in [6, 6.07) is 7.49. The molecule has 122 valence electrons. The Morgan fingerprint density at radius 3 is 2.36 bits per heavy atom. The zero-order valence-electron chi connectivity index (χ0n) is 11.6. The van der Waals surface area contributed by atoms with Gasteiger partial charge in [-0.1, -0.05) is 30.3 Å². The third kappa shape index (κ3) is 7.46. The molecule has 1 aromatic carbocycles. The first-order chi connectivity index (χ1) is 10.0. The maximum Gasteiger partial charge on any atom is 0.408 e. The number of amides is 1. The highest BCUT2D eigenvalue weighted by Crippen LogP contribution is 2.01. The lowest BCUT2D eigenvalue weighted by molar-refractivity contribution is -0.147. The van der Waals surface area contributed by atoms with Gasteiger partial charge in [-0.3, -0.25) is 4.79 Å². The number of carboxylic acids is 1. The maximum atomic E-state index is 11.5. The number of halogens is 1. The fourth-order valence-electron chi connectivity index (χ4n) is 1.32. The third-order valence-electron chi connectivity index (χ3n) is 2.38. The van der Waals surface area contributed by atoms with E-state index in [1.807, 2.05) is 6.07 Å². The summed E-state index contributed by atoms with van der Waals surface area (Å²) in [4.78, 5) is 33.3. The number of benzene rings is 1. The number of hydrogen-bond donors (Lipinski definition) is 3. The van der Waals surface area contributed by atoms with Crippen LogP contribution in [0, 0.1) is 0 Å². The minimum atomic E-state index is -1.40. The van der Waals surface area contributed by atoms with Gasteiger partial charge in [-0.15, -0.1) is 12.4 Å². The standard InChI is InChI=1S/C13H16N2O6.ClH/c14-6-11(16)20-8-10(12(17)18)15-13(19)21-7-9-4-2-1-3-5-9;/h1-5,10H,6-8,14H2,(H,15,19)(H,17,18);1H. The van der Waals surface area contributed by atoms with Crippen LogP contribution in [-0.2, 0) is 25.7 Å². The molecule has 0 aliphatic heterocycles. The molecule has 9 heteroatoms. The van der Waals surface area contributed by atoms with Gasteiger partial charge in [0.05, 0.1) is 6.54 Å². The van der Waals surface area contributed by atoms with Gasteiger partial charge in [0.2, 0.25) is 0 Å². The highest BCUT2D eigenvalue weighted by Gasteiger charge is 2.22. The van der Waals surface area contributed by atoms with Gasteiger partial charge >= 0.3 is 18.0 Å². The summed E-state index contributed by atoms with van der Waals surface area (Å²) in [7, 11) is 0. The predicted octanol–water partition coefficient (Wildman–Crippen LogP) is 0.290. The molecule has 1 atom stereocenters. The highest BCUT2D eigenvalue weighted by atomic mass is 35.5. The fourth-order valence-corrected chi connectivity index (χ4v) is 1.32. The van der Waals surface area contributed by atoms with Crippen LogP contribution < -0.4 is 11.1 Å². The second kappa shape index (κ2) is 10.4. The van der Waals surface area contributed by atoms with Crippen molar-refractivity contribution in [1.82, 2.24) is 5.32 Å². The number of carboxylic acid groups (broad SMARTS) is 1. The zero-order chi connectivity index (χ0) is 15.7. The first-order valence-corrected chi connectivity index (χ1v) is 6.08.